The second-order valence-electron chi connectivity index (χ2n) is 5.02. The van der Waals surface area contributed by atoms with Crippen molar-refractivity contribution in [3.8, 4) is 0 Å². The van der Waals surface area contributed by atoms with Crippen molar-refractivity contribution in [1.29, 1.82) is 0 Å². The van der Waals surface area contributed by atoms with E-state index in [9.17, 15) is 14.4 Å². The summed E-state index contributed by atoms with van der Waals surface area (Å²) < 4.78 is 0.196. The molecule has 1 aromatic heterocycles. The first kappa shape index (κ1) is 16.9. The van der Waals surface area contributed by atoms with Crippen LogP contribution in [0.1, 0.15) is 26.4 Å². The van der Waals surface area contributed by atoms with Gasteiger partial charge >= 0.3 is 11.9 Å². The first-order valence-electron chi connectivity index (χ1n) is 6.90. The molecule has 0 spiro atoms. The van der Waals surface area contributed by atoms with E-state index in [1.54, 1.807) is 24.4 Å². The Kier molecular flexibility index (Phi) is 4.43. The molecule has 0 aliphatic carbocycles. The summed E-state index contributed by atoms with van der Waals surface area (Å²) in [6, 6.07) is 7.02. The molecular formula is C16H10N2O5S2. The monoisotopic (exact) mass is 374 g/mol. The topological polar surface area (TPSA) is 111 Å². The summed E-state index contributed by atoms with van der Waals surface area (Å²) in [5.74, 6) is -3.03. The van der Waals surface area contributed by atoms with E-state index in [2.05, 4.69) is 4.98 Å². The summed E-state index contributed by atoms with van der Waals surface area (Å²) in [6.07, 6.45) is 3.33. The van der Waals surface area contributed by atoms with E-state index < -0.39 is 17.8 Å². The van der Waals surface area contributed by atoms with Gasteiger partial charge in [-0.25, -0.2) is 9.59 Å². The Morgan fingerprint density at radius 1 is 1.16 bits per heavy atom. The highest BCUT2D eigenvalue weighted by atomic mass is 32.2. The Hall–Kier alpha value is -2.91. The molecule has 3 rings (SSSR count). The number of rotatable bonds is 4. The number of benzene rings is 1. The Morgan fingerprint density at radius 2 is 1.80 bits per heavy atom. The van der Waals surface area contributed by atoms with Crippen LogP contribution in [0.2, 0.25) is 0 Å². The van der Waals surface area contributed by atoms with Crippen LogP contribution in [0.3, 0.4) is 0 Å². The van der Waals surface area contributed by atoms with Gasteiger partial charge in [0.2, 0.25) is 0 Å². The third kappa shape index (κ3) is 3.32. The summed E-state index contributed by atoms with van der Waals surface area (Å²) in [7, 11) is 0. The fraction of sp³-hybridized carbons (Fsp3) is 0. The van der Waals surface area contributed by atoms with Crippen molar-refractivity contribution in [1.82, 2.24) is 4.98 Å². The van der Waals surface area contributed by atoms with Gasteiger partial charge in [-0.05, 0) is 36.4 Å². The summed E-state index contributed by atoms with van der Waals surface area (Å²) in [4.78, 5) is 39.5. The quantitative estimate of drug-likeness (QED) is 0.557. The van der Waals surface area contributed by atoms with Crippen LogP contribution in [0.15, 0.2) is 41.4 Å². The van der Waals surface area contributed by atoms with Crippen LogP contribution in [0, 0.1) is 0 Å². The number of hydrogen-bond donors (Lipinski definition) is 3. The van der Waals surface area contributed by atoms with Gasteiger partial charge in [-0.15, -0.1) is 0 Å². The number of carbonyl (C=O) groups is 3. The molecule has 7 nitrogen and oxygen atoms in total. The largest absolute Gasteiger partial charge is 0.478 e. The smallest absolute Gasteiger partial charge is 0.335 e. The third-order valence-electron chi connectivity index (χ3n) is 3.37. The summed E-state index contributed by atoms with van der Waals surface area (Å²) >= 11 is 6.27. The van der Waals surface area contributed by atoms with Crippen LogP contribution in [0.25, 0.3) is 6.08 Å². The lowest BCUT2D eigenvalue weighted by Crippen LogP contribution is -2.28. The first-order chi connectivity index (χ1) is 11.9. The normalized spacial score (nSPS) is 15.8. The van der Waals surface area contributed by atoms with Crippen LogP contribution in [0.4, 0.5) is 5.69 Å². The number of carboxylic acid groups (broad SMARTS) is 2. The minimum Gasteiger partial charge on any atom is -0.478 e. The maximum atomic E-state index is 12.6. The van der Waals surface area contributed by atoms with Crippen LogP contribution in [0.5, 0.6) is 0 Å². The van der Waals surface area contributed by atoms with Gasteiger partial charge in [0.1, 0.15) is 0 Å². The van der Waals surface area contributed by atoms with E-state index in [0.29, 0.717) is 10.6 Å². The predicted octanol–water partition coefficient (Wildman–Crippen LogP) is 2.82. The highest BCUT2D eigenvalue weighted by molar-refractivity contribution is 8.27. The zero-order valence-corrected chi connectivity index (χ0v) is 14.1. The zero-order chi connectivity index (χ0) is 18.1. The number of aromatic carboxylic acids is 2. The number of carboxylic acids is 2. The number of aromatic amines is 1. The van der Waals surface area contributed by atoms with Crippen molar-refractivity contribution in [3.63, 3.8) is 0 Å². The summed E-state index contributed by atoms with van der Waals surface area (Å²) in [6.45, 7) is 0. The SMILES string of the molecule is O=C(O)c1cc(C(=O)O)cc(N2C(=O)/C(=C\c3ccc[nH]3)SC2=S)c1. The van der Waals surface area contributed by atoms with E-state index in [1.807, 2.05) is 0 Å². The molecule has 0 unspecified atom stereocenters. The standard InChI is InChI=1S/C16H10N2O5S2/c19-13-12(7-10-2-1-3-17-10)25-16(24)18(13)11-5-8(14(20)21)4-9(6-11)15(22)23/h1-7,17H,(H,20,21)(H,22,23)/b12-7+. The minimum atomic E-state index is -1.29. The first-order valence-corrected chi connectivity index (χ1v) is 8.12. The van der Waals surface area contributed by atoms with E-state index in [1.165, 1.54) is 12.1 Å². The molecule has 1 aliphatic rings. The van der Waals surface area contributed by atoms with Crippen LogP contribution >= 0.6 is 24.0 Å². The van der Waals surface area contributed by atoms with E-state index in [-0.39, 0.29) is 21.1 Å². The average Bonchev–Trinajstić information content (AvgIpc) is 3.16. The number of carbonyl (C=O) groups excluding carboxylic acids is 1. The fourth-order valence-corrected chi connectivity index (χ4v) is 3.54. The van der Waals surface area contributed by atoms with Crippen molar-refractivity contribution in [3.05, 3.63) is 58.3 Å². The number of hydrogen-bond acceptors (Lipinski definition) is 5. The molecule has 1 saturated heterocycles. The summed E-state index contributed by atoms with van der Waals surface area (Å²) in [5, 5.41) is 18.3. The Labute approximate surface area is 151 Å². The van der Waals surface area contributed by atoms with Gasteiger partial charge < -0.3 is 15.2 Å². The van der Waals surface area contributed by atoms with Gasteiger partial charge in [0.25, 0.3) is 5.91 Å². The lowest BCUT2D eigenvalue weighted by molar-refractivity contribution is -0.113. The van der Waals surface area contributed by atoms with Crippen molar-refractivity contribution in [2.75, 3.05) is 4.90 Å². The molecule has 0 bridgehead atoms. The van der Waals surface area contributed by atoms with E-state index >= 15 is 0 Å². The molecule has 3 N–H and O–H groups in total. The molecular weight excluding hydrogens is 364 g/mol. The molecule has 2 aromatic rings. The van der Waals surface area contributed by atoms with Gasteiger partial charge in [-0.1, -0.05) is 24.0 Å². The highest BCUT2D eigenvalue weighted by Gasteiger charge is 2.34. The number of aromatic nitrogens is 1. The minimum absolute atomic E-state index is 0.106. The molecule has 126 valence electrons. The molecule has 1 aromatic carbocycles. The number of anilines is 1. The van der Waals surface area contributed by atoms with Gasteiger partial charge in [0.05, 0.1) is 21.7 Å². The number of thiocarbonyl (C=S) groups is 1. The van der Waals surface area contributed by atoms with Gasteiger partial charge in [0, 0.05) is 11.9 Å². The van der Waals surface area contributed by atoms with Gasteiger partial charge in [-0.3, -0.25) is 9.69 Å². The van der Waals surface area contributed by atoms with Gasteiger partial charge in [0.15, 0.2) is 4.32 Å². The number of nitrogens with one attached hydrogen (secondary N) is 1. The predicted molar refractivity (Wildman–Crippen MR) is 96.8 cm³/mol. The van der Waals surface area contributed by atoms with Crippen molar-refractivity contribution in [2.24, 2.45) is 0 Å². The third-order valence-corrected chi connectivity index (χ3v) is 4.67. The Bertz CT molecular complexity index is 902. The lowest BCUT2D eigenvalue weighted by Gasteiger charge is -2.16. The fourth-order valence-electron chi connectivity index (χ4n) is 2.25. The van der Waals surface area contributed by atoms with Crippen LogP contribution < -0.4 is 4.90 Å². The van der Waals surface area contributed by atoms with Crippen LogP contribution in [-0.4, -0.2) is 37.4 Å². The van der Waals surface area contributed by atoms with Crippen molar-refractivity contribution < 1.29 is 24.6 Å². The molecule has 0 atom stereocenters. The molecule has 1 fully saturated rings. The molecule has 2 heterocycles. The van der Waals surface area contributed by atoms with E-state index in [0.717, 1.165) is 22.7 Å². The Morgan fingerprint density at radius 3 is 2.32 bits per heavy atom. The maximum Gasteiger partial charge on any atom is 0.335 e. The molecule has 0 radical (unpaired) electrons. The molecule has 0 saturated carbocycles. The zero-order valence-electron chi connectivity index (χ0n) is 12.4. The van der Waals surface area contributed by atoms with Gasteiger partial charge in [-0.2, -0.15) is 0 Å². The highest BCUT2D eigenvalue weighted by Crippen LogP contribution is 2.36. The summed E-state index contributed by atoms with van der Waals surface area (Å²) in [5.41, 5.74) is 0.343. The van der Waals surface area contributed by atoms with Crippen molar-refractivity contribution >= 4 is 57.9 Å². The molecule has 25 heavy (non-hydrogen) atoms. The molecule has 9 heteroatoms. The molecule has 1 aliphatic heterocycles. The second-order valence-corrected chi connectivity index (χ2v) is 6.70. The number of nitrogens with zero attached hydrogens (tertiary/aromatic N) is 1. The van der Waals surface area contributed by atoms with E-state index in [4.69, 9.17) is 22.4 Å². The maximum absolute atomic E-state index is 12.6. The van der Waals surface area contributed by atoms with Crippen LogP contribution in [-0.2, 0) is 4.79 Å². The lowest BCUT2D eigenvalue weighted by atomic mass is 10.1. The number of amides is 1. The second kappa shape index (κ2) is 6.54. The Balaban J connectivity index is 2.04. The van der Waals surface area contributed by atoms with Crippen molar-refractivity contribution in [2.45, 2.75) is 0 Å². The average molecular weight is 374 g/mol. The molecule has 1 amide bonds. The number of thioether (sulfide) groups is 1. The number of H-pyrrole nitrogens is 1.